The van der Waals surface area contributed by atoms with Crippen LogP contribution in [0.5, 0.6) is 17.2 Å². The van der Waals surface area contributed by atoms with Crippen LogP contribution in [0, 0.1) is 0 Å². The fourth-order valence-electron chi connectivity index (χ4n) is 4.60. The highest BCUT2D eigenvalue weighted by Crippen LogP contribution is 2.39. The number of ether oxygens (including phenoxy) is 3. The van der Waals surface area contributed by atoms with E-state index in [0.29, 0.717) is 42.7 Å². The highest BCUT2D eigenvalue weighted by Gasteiger charge is 2.18. The van der Waals surface area contributed by atoms with Gasteiger partial charge < -0.3 is 29.1 Å². The van der Waals surface area contributed by atoms with Crippen molar-refractivity contribution >= 4 is 16.9 Å². The third-order valence-corrected chi connectivity index (χ3v) is 6.60. The summed E-state index contributed by atoms with van der Waals surface area (Å²) in [5.74, 6) is 2.43. The van der Waals surface area contributed by atoms with Crippen molar-refractivity contribution in [2.24, 2.45) is 0 Å². The average Bonchev–Trinajstić information content (AvgIpc) is 3.66. The zero-order chi connectivity index (χ0) is 27.3. The predicted molar refractivity (Wildman–Crippen MR) is 154 cm³/mol. The van der Waals surface area contributed by atoms with E-state index < -0.39 is 0 Å². The quantitative estimate of drug-likeness (QED) is 0.247. The number of aromatic nitrogens is 5. The van der Waals surface area contributed by atoms with Gasteiger partial charge in [-0.3, -0.25) is 0 Å². The van der Waals surface area contributed by atoms with Crippen molar-refractivity contribution in [2.75, 3.05) is 19.5 Å². The van der Waals surface area contributed by atoms with Crippen molar-refractivity contribution in [3.8, 4) is 34.1 Å². The summed E-state index contributed by atoms with van der Waals surface area (Å²) in [4.78, 5) is 12.9. The Hall–Kier alpha value is -5.31. The molecule has 2 N–H and O–H groups in total. The minimum Gasteiger partial charge on any atom is -0.493 e. The molecule has 6 rings (SSSR count). The molecule has 9 nitrogen and oxygen atoms in total. The molecule has 6 aromatic rings. The third-order valence-electron chi connectivity index (χ3n) is 6.60. The largest absolute Gasteiger partial charge is 0.493 e. The van der Waals surface area contributed by atoms with Gasteiger partial charge in [0, 0.05) is 30.2 Å². The zero-order valence-electron chi connectivity index (χ0n) is 22.0. The molecule has 0 aliphatic rings. The van der Waals surface area contributed by atoms with Gasteiger partial charge in [0.2, 0.25) is 0 Å². The molecule has 0 aliphatic heterocycles. The number of anilines is 1. The molecule has 0 saturated carbocycles. The lowest BCUT2D eigenvalue weighted by atomic mass is 10.1. The van der Waals surface area contributed by atoms with E-state index in [0.717, 1.165) is 33.5 Å². The molecule has 0 atom stereocenters. The highest BCUT2D eigenvalue weighted by atomic mass is 16.5. The summed E-state index contributed by atoms with van der Waals surface area (Å²) in [7, 11) is 1.63. The van der Waals surface area contributed by atoms with Gasteiger partial charge in [0.25, 0.3) is 0 Å². The molecule has 0 amide bonds. The maximum absolute atomic E-state index is 6.40. The first-order valence-electron chi connectivity index (χ1n) is 12.9. The first-order valence-corrected chi connectivity index (χ1v) is 12.9. The Balaban J connectivity index is 1.34. The van der Waals surface area contributed by atoms with E-state index in [-0.39, 0.29) is 0 Å². The number of benzene rings is 3. The Bertz CT molecular complexity index is 1730. The summed E-state index contributed by atoms with van der Waals surface area (Å²) in [6.07, 6.45) is 8.93. The van der Waals surface area contributed by atoms with E-state index in [4.69, 9.17) is 19.9 Å². The smallest absolute Gasteiger partial charge is 0.162 e. The van der Waals surface area contributed by atoms with Gasteiger partial charge in [-0.15, -0.1) is 0 Å². The van der Waals surface area contributed by atoms with Crippen molar-refractivity contribution in [1.82, 2.24) is 24.1 Å². The summed E-state index contributed by atoms with van der Waals surface area (Å²) in [5.41, 5.74) is 10.8. The third kappa shape index (κ3) is 5.17. The Morgan fingerprint density at radius 2 is 1.80 bits per heavy atom. The fraction of sp³-hybridized carbons (Fsp3) is 0.129. The van der Waals surface area contributed by atoms with Gasteiger partial charge in [-0.05, 0) is 35.4 Å². The molecule has 0 saturated heterocycles. The summed E-state index contributed by atoms with van der Waals surface area (Å²) in [6, 6.07) is 23.7. The molecule has 3 aromatic carbocycles. The molecule has 3 aromatic heterocycles. The van der Waals surface area contributed by atoms with Gasteiger partial charge in [-0.25, -0.2) is 15.0 Å². The molecule has 0 aliphatic carbocycles. The Labute approximate surface area is 231 Å². The van der Waals surface area contributed by atoms with Crippen LogP contribution in [0.15, 0.2) is 104 Å². The lowest BCUT2D eigenvalue weighted by molar-refractivity contribution is 0.284. The molecule has 200 valence electrons. The summed E-state index contributed by atoms with van der Waals surface area (Å²) in [6.45, 7) is 1.64. The van der Waals surface area contributed by atoms with Crippen molar-refractivity contribution in [2.45, 2.75) is 13.2 Å². The number of nitrogen functional groups attached to an aromatic ring is 1. The fourth-order valence-corrected chi connectivity index (χ4v) is 4.60. The van der Waals surface area contributed by atoms with Crippen LogP contribution in [0.1, 0.15) is 5.56 Å². The van der Waals surface area contributed by atoms with Crippen LogP contribution in [0.3, 0.4) is 0 Å². The van der Waals surface area contributed by atoms with Gasteiger partial charge in [-0.1, -0.05) is 42.5 Å². The highest BCUT2D eigenvalue weighted by molar-refractivity contribution is 6.01. The average molecular weight is 533 g/mol. The number of imidazole rings is 1. The Morgan fingerprint density at radius 3 is 2.62 bits per heavy atom. The van der Waals surface area contributed by atoms with Crippen LogP contribution in [0.2, 0.25) is 0 Å². The lowest BCUT2D eigenvalue weighted by Crippen LogP contribution is -2.06. The van der Waals surface area contributed by atoms with Gasteiger partial charge in [0.1, 0.15) is 31.1 Å². The Kier molecular flexibility index (Phi) is 7.00. The standard InChI is InChI=1S/C31H28N6O3/c1-38-27-11-10-23(16-28(27)40-19-22-6-3-2-4-7-22)26-18-37(31-29(26)30(32)34-20-35-31)24-8-5-9-25(17-24)39-15-14-36-13-12-33-21-36/h2-13,16-18,20-21H,14-15,19H2,1H3,(H2,32,34,35). The van der Waals surface area contributed by atoms with Crippen molar-refractivity contribution in [3.05, 3.63) is 110 Å². The van der Waals surface area contributed by atoms with Crippen LogP contribution >= 0.6 is 0 Å². The Morgan fingerprint density at radius 1 is 0.900 bits per heavy atom. The number of rotatable bonds is 10. The van der Waals surface area contributed by atoms with E-state index in [1.54, 1.807) is 19.6 Å². The first kappa shape index (κ1) is 25.0. The van der Waals surface area contributed by atoms with Crippen molar-refractivity contribution in [3.63, 3.8) is 0 Å². The van der Waals surface area contributed by atoms with Crippen LogP contribution in [-0.2, 0) is 13.2 Å². The maximum atomic E-state index is 6.40. The predicted octanol–water partition coefficient (Wildman–Crippen LogP) is 5.53. The number of hydrogen-bond donors (Lipinski definition) is 1. The van der Waals surface area contributed by atoms with Crippen molar-refractivity contribution < 1.29 is 14.2 Å². The molecular formula is C31H28N6O3. The maximum Gasteiger partial charge on any atom is 0.162 e. The van der Waals surface area contributed by atoms with Crippen LogP contribution in [0.25, 0.3) is 27.8 Å². The molecule has 0 spiro atoms. The normalized spacial score (nSPS) is 11.0. The molecule has 0 bridgehead atoms. The number of hydrogen-bond acceptors (Lipinski definition) is 7. The second-order valence-electron chi connectivity index (χ2n) is 9.16. The molecule has 0 fully saturated rings. The van der Waals surface area contributed by atoms with E-state index >= 15 is 0 Å². The van der Waals surface area contributed by atoms with Gasteiger partial charge in [0.05, 0.1) is 31.1 Å². The van der Waals surface area contributed by atoms with Gasteiger partial charge in [-0.2, -0.15) is 0 Å². The van der Waals surface area contributed by atoms with E-state index in [1.807, 2.05) is 94.3 Å². The topological polar surface area (TPSA) is 102 Å². The summed E-state index contributed by atoms with van der Waals surface area (Å²) in [5, 5.41) is 0.758. The van der Waals surface area contributed by atoms with E-state index in [9.17, 15) is 0 Å². The molecule has 40 heavy (non-hydrogen) atoms. The lowest BCUT2D eigenvalue weighted by Gasteiger charge is -2.12. The summed E-state index contributed by atoms with van der Waals surface area (Å²) >= 11 is 0. The van der Waals surface area contributed by atoms with Crippen molar-refractivity contribution in [1.29, 1.82) is 0 Å². The number of nitrogens with zero attached hydrogens (tertiary/aromatic N) is 5. The zero-order valence-corrected chi connectivity index (χ0v) is 22.0. The number of methoxy groups -OCH3 is 1. The number of nitrogens with two attached hydrogens (primary N) is 1. The van der Waals surface area contributed by atoms with Crippen LogP contribution in [-0.4, -0.2) is 37.8 Å². The minimum atomic E-state index is 0.397. The molecule has 3 heterocycles. The van der Waals surface area contributed by atoms with Crippen LogP contribution in [0.4, 0.5) is 5.82 Å². The molecule has 9 heteroatoms. The van der Waals surface area contributed by atoms with E-state index in [2.05, 4.69) is 15.0 Å². The monoisotopic (exact) mass is 532 g/mol. The number of fused-ring (bicyclic) bond motifs is 1. The SMILES string of the molecule is COc1ccc(-c2cn(-c3cccc(OCCn4ccnc4)c3)c3ncnc(N)c23)cc1OCc1ccccc1. The second-order valence-corrected chi connectivity index (χ2v) is 9.16. The van der Waals surface area contributed by atoms with Gasteiger partial charge in [0.15, 0.2) is 17.1 Å². The summed E-state index contributed by atoms with van der Waals surface area (Å²) < 4.78 is 21.8. The van der Waals surface area contributed by atoms with Gasteiger partial charge >= 0.3 is 0 Å². The molecule has 0 radical (unpaired) electrons. The minimum absolute atomic E-state index is 0.397. The molecular weight excluding hydrogens is 504 g/mol. The van der Waals surface area contributed by atoms with Crippen LogP contribution < -0.4 is 19.9 Å². The van der Waals surface area contributed by atoms with E-state index in [1.165, 1.54) is 6.33 Å². The second kappa shape index (κ2) is 11.2. The first-order chi connectivity index (χ1) is 19.7. The molecule has 0 unspecified atom stereocenters.